The summed E-state index contributed by atoms with van der Waals surface area (Å²) in [5.41, 5.74) is 9.45. The second-order valence-corrected chi connectivity index (χ2v) is 6.56. The molecule has 7 heteroatoms. The number of pyridine rings is 1. The number of rotatable bonds is 6. The maximum Gasteiger partial charge on any atom is 0.253 e. The number of carbonyl (C=O) groups is 1. The first-order valence-corrected chi connectivity index (χ1v) is 8.32. The summed E-state index contributed by atoms with van der Waals surface area (Å²) in [5.74, 6) is 0.435. The Labute approximate surface area is 167 Å². The summed E-state index contributed by atoms with van der Waals surface area (Å²) < 4.78 is 0. The van der Waals surface area contributed by atoms with Gasteiger partial charge in [-0.1, -0.05) is 12.1 Å². The molecule has 26 heavy (non-hydrogen) atoms. The van der Waals surface area contributed by atoms with Gasteiger partial charge in [-0.2, -0.15) is 0 Å². The van der Waals surface area contributed by atoms with Gasteiger partial charge in [-0.3, -0.25) is 9.78 Å². The molecule has 0 radical (unpaired) electrons. The van der Waals surface area contributed by atoms with Gasteiger partial charge in [0.25, 0.3) is 5.91 Å². The zero-order valence-electron chi connectivity index (χ0n) is 15.0. The minimum Gasteiger partial charge on any atom is -0.378 e. The molecule has 142 valence electrons. The SMILES string of the molecule is CN(C)c1ccc(-c2cncc(C(=O)NC(CN)C3CC3)c2)cc1.Cl.Cl. The second-order valence-electron chi connectivity index (χ2n) is 6.56. The molecule has 0 saturated heterocycles. The summed E-state index contributed by atoms with van der Waals surface area (Å²) in [6, 6.07) is 10.1. The molecule has 1 saturated carbocycles. The number of benzene rings is 1. The molecule has 1 aliphatic rings. The van der Waals surface area contributed by atoms with E-state index < -0.39 is 0 Å². The van der Waals surface area contributed by atoms with Gasteiger partial charge in [0.1, 0.15) is 0 Å². The molecule has 0 spiro atoms. The number of hydrogen-bond donors (Lipinski definition) is 2. The summed E-state index contributed by atoms with van der Waals surface area (Å²) in [5, 5.41) is 3.04. The molecule has 1 aliphatic carbocycles. The maximum atomic E-state index is 12.5. The maximum absolute atomic E-state index is 12.5. The number of nitrogens with zero attached hydrogens (tertiary/aromatic N) is 2. The van der Waals surface area contributed by atoms with Crippen molar-refractivity contribution < 1.29 is 4.79 Å². The van der Waals surface area contributed by atoms with Crippen LogP contribution in [0.25, 0.3) is 11.1 Å². The van der Waals surface area contributed by atoms with E-state index in [2.05, 4.69) is 27.3 Å². The lowest BCUT2D eigenvalue weighted by atomic mass is 10.0. The van der Waals surface area contributed by atoms with Gasteiger partial charge in [-0.25, -0.2) is 0 Å². The number of halogens is 2. The lowest BCUT2D eigenvalue weighted by Crippen LogP contribution is -2.41. The number of hydrogen-bond acceptors (Lipinski definition) is 4. The molecule has 1 aromatic carbocycles. The Kier molecular flexibility index (Phi) is 8.34. The third-order valence-electron chi connectivity index (χ3n) is 4.48. The van der Waals surface area contributed by atoms with Crippen molar-refractivity contribution in [1.82, 2.24) is 10.3 Å². The van der Waals surface area contributed by atoms with Gasteiger partial charge >= 0.3 is 0 Å². The summed E-state index contributed by atoms with van der Waals surface area (Å²) >= 11 is 0. The Morgan fingerprint density at radius 2 is 1.85 bits per heavy atom. The van der Waals surface area contributed by atoms with Gasteiger partial charge < -0.3 is 16.0 Å². The van der Waals surface area contributed by atoms with Crippen LogP contribution in [0, 0.1) is 5.92 Å². The lowest BCUT2D eigenvalue weighted by molar-refractivity contribution is 0.0933. The molecule has 1 amide bonds. The van der Waals surface area contributed by atoms with Crippen LogP contribution in [0.3, 0.4) is 0 Å². The third kappa shape index (κ3) is 5.34. The minimum atomic E-state index is -0.100. The van der Waals surface area contributed by atoms with E-state index in [0.29, 0.717) is 18.0 Å². The zero-order chi connectivity index (χ0) is 17.1. The molecule has 1 aromatic heterocycles. The highest BCUT2D eigenvalue weighted by atomic mass is 35.5. The van der Waals surface area contributed by atoms with Crippen LogP contribution in [-0.4, -0.2) is 37.6 Å². The molecule has 1 heterocycles. The van der Waals surface area contributed by atoms with Crippen molar-refractivity contribution in [3.8, 4) is 11.1 Å². The van der Waals surface area contributed by atoms with Crippen LogP contribution in [0.2, 0.25) is 0 Å². The van der Waals surface area contributed by atoms with Gasteiger partial charge in [0.05, 0.1) is 5.56 Å². The van der Waals surface area contributed by atoms with Crippen LogP contribution in [-0.2, 0) is 0 Å². The lowest BCUT2D eigenvalue weighted by Gasteiger charge is -2.16. The quantitative estimate of drug-likeness (QED) is 0.786. The fourth-order valence-corrected chi connectivity index (χ4v) is 2.79. The number of anilines is 1. The first kappa shape index (κ1) is 22.2. The van der Waals surface area contributed by atoms with Crippen molar-refractivity contribution in [3.05, 3.63) is 48.3 Å². The first-order valence-electron chi connectivity index (χ1n) is 8.32. The summed E-state index contributed by atoms with van der Waals surface area (Å²) in [7, 11) is 4.02. The Bertz CT molecular complexity index is 718. The molecule has 1 unspecified atom stereocenters. The average molecular weight is 397 g/mol. The molecular formula is C19H26Cl2N4O. The monoisotopic (exact) mass is 396 g/mol. The molecule has 1 fully saturated rings. The molecule has 0 aliphatic heterocycles. The highest BCUT2D eigenvalue weighted by Gasteiger charge is 2.31. The van der Waals surface area contributed by atoms with Crippen molar-refractivity contribution in [2.24, 2.45) is 11.7 Å². The van der Waals surface area contributed by atoms with E-state index in [1.807, 2.05) is 32.3 Å². The van der Waals surface area contributed by atoms with Crippen molar-refractivity contribution >= 4 is 36.4 Å². The smallest absolute Gasteiger partial charge is 0.253 e. The zero-order valence-corrected chi connectivity index (χ0v) is 16.6. The Balaban J connectivity index is 0.00000169. The van der Waals surface area contributed by atoms with Crippen molar-refractivity contribution in [2.75, 3.05) is 25.5 Å². The molecule has 3 N–H and O–H groups in total. The van der Waals surface area contributed by atoms with Crippen molar-refractivity contribution in [3.63, 3.8) is 0 Å². The van der Waals surface area contributed by atoms with E-state index in [1.54, 1.807) is 12.4 Å². The fraction of sp³-hybridized carbons (Fsp3) is 0.368. The van der Waals surface area contributed by atoms with Crippen LogP contribution in [0.1, 0.15) is 23.2 Å². The van der Waals surface area contributed by atoms with Crippen molar-refractivity contribution in [1.29, 1.82) is 0 Å². The van der Waals surface area contributed by atoms with E-state index in [4.69, 9.17) is 5.73 Å². The standard InChI is InChI=1S/C19H24N4O.2ClH/c1-23(2)17-7-5-13(6-8-17)15-9-16(12-21-11-15)19(24)22-18(10-20)14-3-4-14;;/h5-9,11-12,14,18H,3-4,10,20H2,1-2H3,(H,22,24);2*1H. The molecule has 5 nitrogen and oxygen atoms in total. The summed E-state index contributed by atoms with van der Waals surface area (Å²) in [6.07, 6.45) is 5.69. The van der Waals surface area contributed by atoms with Gasteiger partial charge in [0.2, 0.25) is 0 Å². The highest BCUT2D eigenvalue weighted by Crippen LogP contribution is 2.32. The van der Waals surface area contributed by atoms with E-state index >= 15 is 0 Å². The number of amides is 1. The topological polar surface area (TPSA) is 71.2 Å². The fourth-order valence-electron chi connectivity index (χ4n) is 2.79. The van der Waals surface area contributed by atoms with Gasteiger partial charge in [-0.15, -0.1) is 24.8 Å². The van der Waals surface area contributed by atoms with E-state index in [9.17, 15) is 4.79 Å². The van der Waals surface area contributed by atoms with Gasteiger partial charge in [0.15, 0.2) is 0 Å². The average Bonchev–Trinajstić information content (AvgIpc) is 3.44. The number of aromatic nitrogens is 1. The Morgan fingerprint density at radius 3 is 2.38 bits per heavy atom. The third-order valence-corrected chi connectivity index (χ3v) is 4.48. The Hall–Kier alpha value is -1.82. The number of nitrogens with one attached hydrogen (secondary N) is 1. The first-order chi connectivity index (χ1) is 11.6. The predicted octanol–water partition coefficient (Wildman–Crippen LogP) is 3.13. The van der Waals surface area contributed by atoms with Crippen LogP contribution < -0.4 is 16.0 Å². The summed E-state index contributed by atoms with van der Waals surface area (Å²) in [4.78, 5) is 18.7. The minimum absolute atomic E-state index is 0. The molecule has 1 atom stereocenters. The normalized spacial score (nSPS) is 13.8. The molecule has 0 bridgehead atoms. The van der Waals surface area contributed by atoms with E-state index in [0.717, 1.165) is 29.7 Å². The molecular weight excluding hydrogens is 371 g/mol. The van der Waals surface area contributed by atoms with Crippen LogP contribution in [0.15, 0.2) is 42.7 Å². The Morgan fingerprint density at radius 1 is 1.19 bits per heavy atom. The van der Waals surface area contributed by atoms with Crippen LogP contribution in [0.4, 0.5) is 5.69 Å². The van der Waals surface area contributed by atoms with E-state index in [1.165, 1.54) is 0 Å². The number of carbonyl (C=O) groups excluding carboxylic acids is 1. The van der Waals surface area contributed by atoms with Gasteiger partial charge in [0, 0.05) is 50.3 Å². The van der Waals surface area contributed by atoms with Crippen LogP contribution in [0.5, 0.6) is 0 Å². The predicted molar refractivity (Wildman–Crippen MR) is 112 cm³/mol. The molecule has 2 aromatic rings. The summed E-state index contributed by atoms with van der Waals surface area (Å²) in [6.45, 7) is 0.482. The van der Waals surface area contributed by atoms with Crippen LogP contribution >= 0.6 is 24.8 Å². The second kappa shape index (κ2) is 9.76. The van der Waals surface area contributed by atoms with Crippen molar-refractivity contribution in [2.45, 2.75) is 18.9 Å². The number of nitrogens with two attached hydrogens (primary N) is 1. The van der Waals surface area contributed by atoms with E-state index in [-0.39, 0.29) is 36.8 Å². The largest absolute Gasteiger partial charge is 0.378 e. The molecule has 3 rings (SSSR count). The highest BCUT2D eigenvalue weighted by molar-refractivity contribution is 5.95. The van der Waals surface area contributed by atoms with Gasteiger partial charge in [-0.05, 0) is 42.5 Å².